The van der Waals surface area contributed by atoms with Gasteiger partial charge < -0.3 is 10.6 Å². The first-order valence-electron chi connectivity index (χ1n) is 8.25. The molecule has 3 rings (SSSR count). The molecule has 8 heteroatoms. The van der Waals surface area contributed by atoms with Crippen LogP contribution in [0.4, 0.5) is 18.9 Å². The van der Waals surface area contributed by atoms with Crippen molar-refractivity contribution in [2.24, 2.45) is 11.8 Å². The Labute approximate surface area is 158 Å². The lowest BCUT2D eigenvalue weighted by molar-refractivity contribution is -0.137. The number of halogens is 4. The number of rotatable bonds is 5. The van der Waals surface area contributed by atoms with E-state index in [9.17, 15) is 22.8 Å². The Morgan fingerprint density at radius 1 is 1.00 bits per heavy atom. The average molecular weight is 397 g/mol. The second-order valence-electron chi connectivity index (χ2n) is 6.33. The first-order valence-corrected chi connectivity index (χ1v) is 8.63. The van der Waals surface area contributed by atoms with Crippen LogP contribution in [0.5, 0.6) is 0 Å². The summed E-state index contributed by atoms with van der Waals surface area (Å²) in [6.45, 7) is 0.289. The van der Waals surface area contributed by atoms with Crippen molar-refractivity contribution in [2.75, 3.05) is 5.32 Å². The molecule has 0 bridgehead atoms. The quantitative estimate of drug-likeness (QED) is 0.793. The van der Waals surface area contributed by atoms with Crippen LogP contribution >= 0.6 is 11.6 Å². The summed E-state index contributed by atoms with van der Waals surface area (Å²) in [5.74, 6) is -2.04. The van der Waals surface area contributed by atoms with Gasteiger partial charge in [-0.1, -0.05) is 35.9 Å². The van der Waals surface area contributed by atoms with Crippen molar-refractivity contribution in [3.63, 3.8) is 0 Å². The molecule has 0 aromatic heterocycles. The van der Waals surface area contributed by atoms with Gasteiger partial charge in [0.1, 0.15) is 0 Å². The zero-order valence-electron chi connectivity index (χ0n) is 14.0. The number of hydrogen-bond donors (Lipinski definition) is 2. The first kappa shape index (κ1) is 19.2. The zero-order chi connectivity index (χ0) is 19.6. The molecule has 2 amide bonds. The van der Waals surface area contributed by atoms with Crippen LogP contribution in [0.15, 0.2) is 48.5 Å². The second kappa shape index (κ2) is 7.60. The van der Waals surface area contributed by atoms with E-state index in [1.807, 2.05) is 0 Å². The van der Waals surface area contributed by atoms with Crippen LogP contribution in [0.2, 0.25) is 5.02 Å². The second-order valence-corrected chi connectivity index (χ2v) is 6.76. The number of hydrogen-bond acceptors (Lipinski definition) is 2. The molecular formula is C19H16ClF3N2O2. The summed E-state index contributed by atoms with van der Waals surface area (Å²) in [6, 6.07) is 11.7. The highest BCUT2D eigenvalue weighted by molar-refractivity contribution is 6.30. The monoisotopic (exact) mass is 396 g/mol. The van der Waals surface area contributed by atoms with Crippen LogP contribution in [0.25, 0.3) is 0 Å². The van der Waals surface area contributed by atoms with Gasteiger partial charge >= 0.3 is 6.18 Å². The molecule has 2 N–H and O–H groups in total. The lowest BCUT2D eigenvalue weighted by atomic mass is 10.1. The largest absolute Gasteiger partial charge is 0.418 e. The van der Waals surface area contributed by atoms with Gasteiger partial charge in [-0.25, -0.2) is 0 Å². The molecule has 0 radical (unpaired) electrons. The molecule has 0 spiro atoms. The predicted molar refractivity (Wildman–Crippen MR) is 95.0 cm³/mol. The molecule has 2 unspecified atom stereocenters. The smallest absolute Gasteiger partial charge is 0.352 e. The minimum atomic E-state index is -4.57. The third-order valence-corrected chi connectivity index (χ3v) is 4.59. The van der Waals surface area contributed by atoms with Gasteiger partial charge in [-0.3, -0.25) is 9.59 Å². The van der Waals surface area contributed by atoms with Crippen LogP contribution in [0.3, 0.4) is 0 Å². The van der Waals surface area contributed by atoms with Crippen LogP contribution in [-0.4, -0.2) is 11.8 Å². The zero-order valence-corrected chi connectivity index (χ0v) is 14.8. The molecule has 27 heavy (non-hydrogen) atoms. The molecule has 2 aromatic carbocycles. The minimum Gasteiger partial charge on any atom is -0.352 e. The molecule has 0 heterocycles. The van der Waals surface area contributed by atoms with E-state index in [0.29, 0.717) is 11.4 Å². The number of benzene rings is 2. The van der Waals surface area contributed by atoms with E-state index in [1.165, 1.54) is 18.2 Å². The number of carbonyl (C=O) groups excluding carboxylic acids is 2. The molecule has 0 saturated heterocycles. The Hall–Kier alpha value is -2.54. The standard InChI is InChI=1S/C19H16ClF3N2O2/c20-12-7-5-11(6-8-12)10-24-17(26)13-9-14(13)18(27)25-16-4-2-1-3-15(16)19(21,22)23/h1-8,13-14H,9-10H2,(H,24,26)(H,25,27). The Morgan fingerprint density at radius 2 is 1.63 bits per heavy atom. The summed E-state index contributed by atoms with van der Waals surface area (Å²) < 4.78 is 38.9. The van der Waals surface area contributed by atoms with E-state index in [4.69, 9.17) is 11.6 Å². The average Bonchev–Trinajstić information content (AvgIpc) is 3.41. The third-order valence-electron chi connectivity index (χ3n) is 4.33. The van der Waals surface area contributed by atoms with Gasteiger partial charge in [-0.15, -0.1) is 0 Å². The number of alkyl halides is 3. The van der Waals surface area contributed by atoms with E-state index in [-0.39, 0.29) is 18.1 Å². The fraction of sp³-hybridized carbons (Fsp3) is 0.263. The van der Waals surface area contributed by atoms with E-state index in [0.717, 1.165) is 11.6 Å². The lowest BCUT2D eigenvalue weighted by Crippen LogP contribution is -2.27. The number of anilines is 1. The summed E-state index contributed by atoms with van der Waals surface area (Å²) in [5.41, 5.74) is -0.363. The molecule has 1 fully saturated rings. The third kappa shape index (κ3) is 4.80. The minimum absolute atomic E-state index is 0.289. The topological polar surface area (TPSA) is 58.2 Å². The maximum absolute atomic E-state index is 13.0. The van der Waals surface area contributed by atoms with Crippen molar-refractivity contribution in [2.45, 2.75) is 19.1 Å². The van der Waals surface area contributed by atoms with Gasteiger partial charge in [-0.05, 0) is 36.2 Å². The van der Waals surface area contributed by atoms with Crippen molar-refractivity contribution in [3.8, 4) is 0 Å². The highest BCUT2D eigenvalue weighted by Gasteiger charge is 2.48. The Bertz CT molecular complexity index is 853. The molecule has 2 atom stereocenters. The number of para-hydroxylation sites is 1. The molecule has 1 aliphatic rings. The van der Waals surface area contributed by atoms with Gasteiger partial charge in [0, 0.05) is 11.6 Å². The van der Waals surface area contributed by atoms with Crippen LogP contribution in [0, 0.1) is 11.8 Å². The summed E-state index contributed by atoms with van der Waals surface area (Å²) in [7, 11) is 0. The van der Waals surface area contributed by atoms with E-state index >= 15 is 0 Å². The molecule has 142 valence electrons. The predicted octanol–water partition coefficient (Wildman–Crippen LogP) is 4.25. The number of amides is 2. The highest BCUT2D eigenvalue weighted by Crippen LogP contribution is 2.41. The van der Waals surface area contributed by atoms with Gasteiger partial charge in [0.05, 0.1) is 23.1 Å². The van der Waals surface area contributed by atoms with Crippen LogP contribution in [-0.2, 0) is 22.3 Å². The summed E-state index contributed by atoms with van der Waals surface area (Å²) in [5, 5.41) is 5.60. The number of nitrogens with one attached hydrogen (secondary N) is 2. The van der Waals surface area contributed by atoms with Crippen LogP contribution in [0.1, 0.15) is 17.5 Å². The Morgan fingerprint density at radius 3 is 2.30 bits per heavy atom. The maximum atomic E-state index is 13.0. The van der Waals surface area contributed by atoms with Crippen molar-refractivity contribution < 1.29 is 22.8 Å². The maximum Gasteiger partial charge on any atom is 0.418 e. The SMILES string of the molecule is O=C(NCc1ccc(Cl)cc1)C1CC1C(=O)Nc1ccccc1C(F)(F)F. The first-order chi connectivity index (χ1) is 12.8. The summed E-state index contributed by atoms with van der Waals surface area (Å²) in [6.07, 6.45) is -4.25. The fourth-order valence-corrected chi connectivity index (χ4v) is 2.89. The van der Waals surface area contributed by atoms with Crippen molar-refractivity contribution in [3.05, 3.63) is 64.7 Å². The molecule has 1 aliphatic carbocycles. The fourth-order valence-electron chi connectivity index (χ4n) is 2.76. The van der Waals surface area contributed by atoms with Gasteiger partial charge in [-0.2, -0.15) is 13.2 Å². The van der Waals surface area contributed by atoms with E-state index in [2.05, 4.69) is 10.6 Å². The molecule has 2 aromatic rings. The van der Waals surface area contributed by atoms with Gasteiger partial charge in [0.15, 0.2) is 0 Å². The highest BCUT2D eigenvalue weighted by atomic mass is 35.5. The normalized spacial score (nSPS) is 18.7. The Kier molecular flexibility index (Phi) is 5.41. The van der Waals surface area contributed by atoms with E-state index < -0.39 is 29.5 Å². The van der Waals surface area contributed by atoms with Gasteiger partial charge in [0.2, 0.25) is 11.8 Å². The Balaban J connectivity index is 1.55. The molecule has 1 saturated carbocycles. The lowest BCUT2D eigenvalue weighted by Gasteiger charge is -2.13. The molecule has 4 nitrogen and oxygen atoms in total. The van der Waals surface area contributed by atoms with Crippen molar-refractivity contribution >= 4 is 29.1 Å². The summed E-state index contributed by atoms with van der Waals surface area (Å²) >= 11 is 5.79. The molecule has 0 aliphatic heterocycles. The van der Waals surface area contributed by atoms with Crippen molar-refractivity contribution in [1.29, 1.82) is 0 Å². The van der Waals surface area contributed by atoms with Crippen LogP contribution < -0.4 is 10.6 Å². The van der Waals surface area contributed by atoms with Gasteiger partial charge in [0.25, 0.3) is 0 Å². The van der Waals surface area contributed by atoms with Crippen molar-refractivity contribution in [1.82, 2.24) is 5.32 Å². The summed E-state index contributed by atoms with van der Waals surface area (Å²) in [4.78, 5) is 24.3. The van der Waals surface area contributed by atoms with E-state index in [1.54, 1.807) is 24.3 Å². The molecular weight excluding hydrogens is 381 g/mol. The number of carbonyl (C=O) groups is 2.